The van der Waals surface area contributed by atoms with Crippen molar-refractivity contribution in [2.45, 2.75) is 13.8 Å². The molecule has 2 amide bonds. The van der Waals surface area contributed by atoms with E-state index in [0.29, 0.717) is 23.9 Å². The van der Waals surface area contributed by atoms with Crippen molar-refractivity contribution in [1.82, 2.24) is 15.3 Å². The minimum atomic E-state index is -0.296. The van der Waals surface area contributed by atoms with E-state index in [0.717, 1.165) is 5.69 Å². The molecule has 1 aromatic carbocycles. The Bertz CT molecular complexity index is 773. The number of carbonyl (C=O) groups excluding carboxylic acids is 2. The summed E-state index contributed by atoms with van der Waals surface area (Å²) < 4.78 is 0. The molecule has 0 bridgehead atoms. The maximum Gasteiger partial charge on any atom is 0.270 e. The molecule has 0 aliphatic rings. The zero-order valence-electron chi connectivity index (χ0n) is 13.6. The third-order valence-electron chi connectivity index (χ3n) is 2.93. The van der Waals surface area contributed by atoms with Crippen molar-refractivity contribution in [3.05, 3.63) is 54.5 Å². The maximum atomic E-state index is 12.0. The van der Waals surface area contributed by atoms with Crippen LogP contribution in [0.5, 0.6) is 0 Å². The molecule has 1 heterocycles. The Morgan fingerprint density at radius 3 is 2.67 bits per heavy atom. The smallest absolute Gasteiger partial charge is 0.270 e. The average molecular weight is 325 g/mol. The molecule has 0 atom stereocenters. The third kappa shape index (κ3) is 4.91. The standard InChI is InChI=1S/C17H19N5O2/c1-4-8-18-17(24)15-10-16(20-11(2)19-15)22-14-7-5-6-13(9-14)21-12(3)23/h4-7,9-10H,1,8H2,2-3H3,(H,18,24)(H,21,23)(H,19,20,22). The van der Waals surface area contributed by atoms with Crippen LogP contribution in [0.15, 0.2) is 43.0 Å². The third-order valence-corrected chi connectivity index (χ3v) is 2.93. The number of nitrogens with one attached hydrogen (secondary N) is 3. The number of amides is 2. The summed E-state index contributed by atoms with van der Waals surface area (Å²) in [5.74, 6) is 0.523. The second kappa shape index (κ2) is 7.87. The van der Waals surface area contributed by atoms with Crippen LogP contribution in [-0.4, -0.2) is 28.3 Å². The highest BCUT2D eigenvalue weighted by atomic mass is 16.2. The van der Waals surface area contributed by atoms with Crippen LogP contribution < -0.4 is 16.0 Å². The van der Waals surface area contributed by atoms with Gasteiger partial charge in [-0.25, -0.2) is 9.97 Å². The molecule has 3 N–H and O–H groups in total. The van der Waals surface area contributed by atoms with Crippen LogP contribution in [0, 0.1) is 6.92 Å². The van der Waals surface area contributed by atoms with Gasteiger partial charge in [-0.2, -0.15) is 0 Å². The Balaban J connectivity index is 2.20. The number of nitrogens with zero attached hydrogens (tertiary/aromatic N) is 2. The number of aromatic nitrogens is 2. The molecule has 0 aliphatic heterocycles. The van der Waals surface area contributed by atoms with Crippen LogP contribution in [0.4, 0.5) is 17.2 Å². The minimum Gasteiger partial charge on any atom is -0.347 e. The lowest BCUT2D eigenvalue weighted by Crippen LogP contribution is -2.24. The van der Waals surface area contributed by atoms with Crippen LogP contribution >= 0.6 is 0 Å². The normalized spacial score (nSPS) is 9.92. The van der Waals surface area contributed by atoms with Crippen LogP contribution in [-0.2, 0) is 4.79 Å². The number of rotatable bonds is 6. The summed E-state index contributed by atoms with van der Waals surface area (Å²) in [6, 6.07) is 8.76. The van der Waals surface area contributed by atoms with Gasteiger partial charge in [0.1, 0.15) is 17.3 Å². The van der Waals surface area contributed by atoms with E-state index in [1.165, 1.54) is 6.92 Å². The number of benzene rings is 1. The summed E-state index contributed by atoms with van der Waals surface area (Å²) in [6.45, 7) is 7.08. The van der Waals surface area contributed by atoms with E-state index >= 15 is 0 Å². The van der Waals surface area contributed by atoms with Crippen LogP contribution in [0.25, 0.3) is 0 Å². The van der Waals surface area contributed by atoms with Gasteiger partial charge in [-0.05, 0) is 25.1 Å². The maximum absolute atomic E-state index is 12.0. The van der Waals surface area contributed by atoms with Gasteiger partial charge in [-0.3, -0.25) is 9.59 Å². The second-order valence-electron chi connectivity index (χ2n) is 5.07. The lowest BCUT2D eigenvalue weighted by atomic mass is 10.2. The fourth-order valence-corrected chi connectivity index (χ4v) is 2.03. The highest BCUT2D eigenvalue weighted by Crippen LogP contribution is 2.19. The predicted octanol–water partition coefficient (Wildman–Crippen LogP) is 2.40. The molecule has 0 aliphatic carbocycles. The van der Waals surface area contributed by atoms with E-state index in [1.807, 2.05) is 6.07 Å². The Labute approximate surface area is 140 Å². The molecule has 7 heteroatoms. The first-order valence-corrected chi connectivity index (χ1v) is 7.37. The van der Waals surface area contributed by atoms with Crippen molar-refractivity contribution in [2.75, 3.05) is 17.2 Å². The molecule has 0 unspecified atom stereocenters. The highest BCUT2D eigenvalue weighted by Gasteiger charge is 2.10. The van der Waals surface area contributed by atoms with Crippen molar-refractivity contribution in [1.29, 1.82) is 0 Å². The zero-order chi connectivity index (χ0) is 17.5. The van der Waals surface area contributed by atoms with E-state index in [2.05, 4.69) is 32.5 Å². The Kier molecular flexibility index (Phi) is 5.62. The van der Waals surface area contributed by atoms with Gasteiger partial charge in [0.25, 0.3) is 5.91 Å². The monoisotopic (exact) mass is 325 g/mol. The molecule has 0 saturated heterocycles. The van der Waals surface area contributed by atoms with E-state index < -0.39 is 0 Å². The van der Waals surface area contributed by atoms with E-state index in [4.69, 9.17) is 0 Å². The largest absolute Gasteiger partial charge is 0.347 e. The number of hydrogen-bond donors (Lipinski definition) is 3. The van der Waals surface area contributed by atoms with Crippen LogP contribution in [0.2, 0.25) is 0 Å². The number of hydrogen-bond acceptors (Lipinski definition) is 5. The number of anilines is 3. The summed E-state index contributed by atoms with van der Waals surface area (Å²) in [6.07, 6.45) is 1.60. The fourth-order valence-electron chi connectivity index (χ4n) is 2.03. The van der Waals surface area contributed by atoms with Crippen LogP contribution in [0.1, 0.15) is 23.2 Å². The van der Waals surface area contributed by atoms with Crippen molar-refractivity contribution in [2.24, 2.45) is 0 Å². The van der Waals surface area contributed by atoms with Gasteiger partial charge < -0.3 is 16.0 Å². The summed E-state index contributed by atoms with van der Waals surface area (Å²) in [7, 11) is 0. The van der Waals surface area contributed by atoms with Crippen molar-refractivity contribution < 1.29 is 9.59 Å². The van der Waals surface area contributed by atoms with Gasteiger partial charge in [-0.1, -0.05) is 12.1 Å². The lowest BCUT2D eigenvalue weighted by Gasteiger charge is -2.10. The second-order valence-corrected chi connectivity index (χ2v) is 5.07. The van der Waals surface area contributed by atoms with Gasteiger partial charge >= 0.3 is 0 Å². The molecule has 2 aromatic rings. The molecule has 24 heavy (non-hydrogen) atoms. The summed E-state index contributed by atoms with van der Waals surface area (Å²) in [4.78, 5) is 31.5. The molecule has 2 rings (SSSR count). The van der Waals surface area contributed by atoms with Gasteiger partial charge in [0.05, 0.1) is 0 Å². The molecule has 124 valence electrons. The molecule has 0 spiro atoms. The zero-order valence-corrected chi connectivity index (χ0v) is 13.6. The Morgan fingerprint density at radius 2 is 1.96 bits per heavy atom. The fraction of sp³-hybridized carbons (Fsp3) is 0.176. The minimum absolute atomic E-state index is 0.147. The SMILES string of the molecule is C=CCNC(=O)c1cc(Nc2cccc(NC(C)=O)c2)nc(C)n1. The molecule has 7 nitrogen and oxygen atoms in total. The molecule has 0 radical (unpaired) electrons. The first-order chi connectivity index (χ1) is 11.5. The quantitative estimate of drug-likeness (QED) is 0.709. The van der Waals surface area contributed by atoms with Crippen molar-refractivity contribution in [3.63, 3.8) is 0 Å². The lowest BCUT2D eigenvalue weighted by molar-refractivity contribution is -0.114. The number of carbonyl (C=O) groups is 2. The average Bonchev–Trinajstić information content (AvgIpc) is 2.51. The van der Waals surface area contributed by atoms with E-state index in [-0.39, 0.29) is 17.5 Å². The van der Waals surface area contributed by atoms with Gasteiger partial charge in [0.2, 0.25) is 5.91 Å². The predicted molar refractivity (Wildman–Crippen MR) is 93.3 cm³/mol. The summed E-state index contributed by atoms with van der Waals surface area (Å²) in [5, 5.41) is 8.49. The van der Waals surface area contributed by atoms with E-state index in [1.54, 1.807) is 37.3 Å². The molecular weight excluding hydrogens is 306 g/mol. The molecule has 0 saturated carbocycles. The van der Waals surface area contributed by atoms with Gasteiger partial charge in [0, 0.05) is 30.9 Å². The Hall–Kier alpha value is -3.22. The van der Waals surface area contributed by atoms with E-state index in [9.17, 15) is 9.59 Å². The Morgan fingerprint density at radius 1 is 1.21 bits per heavy atom. The van der Waals surface area contributed by atoms with Gasteiger partial charge in [-0.15, -0.1) is 6.58 Å². The number of aryl methyl sites for hydroxylation is 1. The molecule has 0 fully saturated rings. The summed E-state index contributed by atoms with van der Waals surface area (Å²) >= 11 is 0. The van der Waals surface area contributed by atoms with Crippen LogP contribution in [0.3, 0.4) is 0 Å². The summed E-state index contributed by atoms with van der Waals surface area (Å²) in [5.41, 5.74) is 1.67. The highest BCUT2D eigenvalue weighted by molar-refractivity contribution is 5.93. The first kappa shape index (κ1) is 17.1. The van der Waals surface area contributed by atoms with Gasteiger partial charge in [0.15, 0.2) is 0 Å². The van der Waals surface area contributed by atoms with Crippen molar-refractivity contribution in [3.8, 4) is 0 Å². The van der Waals surface area contributed by atoms with Crippen molar-refractivity contribution >= 4 is 29.0 Å². The first-order valence-electron chi connectivity index (χ1n) is 7.37. The molecule has 1 aromatic heterocycles. The molecular formula is C17H19N5O2. The topological polar surface area (TPSA) is 96.0 Å².